The van der Waals surface area contributed by atoms with Crippen LogP contribution in [0.3, 0.4) is 0 Å². The van der Waals surface area contributed by atoms with E-state index >= 15 is 0 Å². The fourth-order valence-corrected chi connectivity index (χ4v) is 1.93. The molecule has 2 N–H and O–H groups in total. The molecule has 1 aromatic heterocycles. The zero-order valence-electron chi connectivity index (χ0n) is 10.3. The van der Waals surface area contributed by atoms with Gasteiger partial charge in [-0.2, -0.15) is 0 Å². The third-order valence-electron chi connectivity index (χ3n) is 2.80. The van der Waals surface area contributed by atoms with Gasteiger partial charge in [-0.15, -0.1) is 0 Å². The Kier molecular flexibility index (Phi) is 3.85. The maximum atomic E-state index is 13.2. The van der Waals surface area contributed by atoms with Crippen LogP contribution in [-0.2, 0) is 0 Å². The van der Waals surface area contributed by atoms with Gasteiger partial charge in [-0.3, -0.25) is 9.98 Å². The molecule has 0 spiro atoms. The lowest BCUT2D eigenvalue weighted by Gasteiger charge is -2.11. The molecule has 5 heteroatoms. The predicted octanol–water partition coefficient (Wildman–Crippen LogP) is 3.17. The van der Waals surface area contributed by atoms with Gasteiger partial charge in [-0.05, 0) is 29.1 Å². The molecule has 0 atom stereocenters. The van der Waals surface area contributed by atoms with Gasteiger partial charge in [0, 0.05) is 48.4 Å². The molecule has 0 aliphatic carbocycles. The number of hydrogen-bond acceptors (Lipinski definition) is 3. The molecule has 2 aromatic rings. The van der Waals surface area contributed by atoms with E-state index in [2.05, 4.69) is 9.98 Å². The van der Waals surface area contributed by atoms with Gasteiger partial charge in [0.2, 0.25) is 0 Å². The number of rotatable bonds is 3. The van der Waals surface area contributed by atoms with Crippen molar-refractivity contribution in [2.24, 2.45) is 10.7 Å². The highest BCUT2D eigenvalue weighted by Gasteiger charge is 2.16. The fraction of sp³-hybridized carbons (Fsp3) is 0.143. The molecule has 0 amide bonds. The van der Waals surface area contributed by atoms with Crippen LogP contribution in [0, 0.1) is 0 Å². The topological polar surface area (TPSA) is 51.3 Å². The van der Waals surface area contributed by atoms with Crippen molar-refractivity contribution in [2.75, 3.05) is 7.05 Å². The first kappa shape index (κ1) is 13.1. The summed E-state index contributed by atoms with van der Waals surface area (Å²) in [6.07, 6.45) is 3.36. The number of alkyl halides is 2. The molecule has 1 heterocycles. The molecular formula is C14H13F2N3. The van der Waals surface area contributed by atoms with Crippen molar-refractivity contribution >= 4 is 22.6 Å². The average Bonchev–Trinajstić information content (AvgIpc) is 2.43. The molecular weight excluding hydrogens is 248 g/mol. The van der Waals surface area contributed by atoms with E-state index in [1.807, 2.05) is 0 Å². The van der Waals surface area contributed by atoms with Gasteiger partial charge in [0.1, 0.15) is 0 Å². The number of allylic oxidation sites excluding steroid dienone is 1. The second-order valence-electron chi connectivity index (χ2n) is 3.97. The molecule has 0 aliphatic heterocycles. The Hall–Kier alpha value is -2.30. The quantitative estimate of drug-likeness (QED) is 0.863. The van der Waals surface area contributed by atoms with Crippen LogP contribution < -0.4 is 5.73 Å². The SMILES string of the molecule is CN=CC(=CN)c1cc2cnccc2cc1C(F)F. The van der Waals surface area contributed by atoms with Crippen LogP contribution in [0.4, 0.5) is 8.78 Å². The second kappa shape index (κ2) is 5.56. The largest absolute Gasteiger partial charge is 0.404 e. The summed E-state index contributed by atoms with van der Waals surface area (Å²) in [6.45, 7) is 0. The minimum Gasteiger partial charge on any atom is -0.404 e. The summed E-state index contributed by atoms with van der Waals surface area (Å²) < 4.78 is 26.3. The molecule has 2 rings (SSSR count). The summed E-state index contributed by atoms with van der Waals surface area (Å²) in [5, 5.41) is 1.50. The van der Waals surface area contributed by atoms with E-state index in [9.17, 15) is 8.78 Å². The smallest absolute Gasteiger partial charge is 0.264 e. The Labute approximate surface area is 109 Å². The Bertz CT molecular complexity index is 648. The van der Waals surface area contributed by atoms with E-state index in [0.29, 0.717) is 11.1 Å². The number of nitrogens with two attached hydrogens (primary N) is 1. The first-order valence-electron chi connectivity index (χ1n) is 5.67. The highest BCUT2D eigenvalue weighted by atomic mass is 19.3. The van der Waals surface area contributed by atoms with E-state index in [4.69, 9.17) is 5.73 Å². The van der Waals surface area contributed by atoms with E-state index in [1.165, 1.54) is 18.5 Å². The van der Waals surface area contributed by atoms with E-state index in [0.717, 1.165) is 10.8 Å². The van der Waals surface area contributed by atoms with Crippen LogP contribution in [0.1, 0.15) is 17.6 Å². The van der Waals surface area contributed by atoms with Gasteiger partial charge in [-0.1, -0.05) is 0 Å². The Balaban J connectivity index is 2.73. The number of aromatic nitrogens is 1. The fourth-order valence-electron chi connectivity index (χ4n) is 1.93. The van der Waals surface area contributed by atoms with Crippen molar-refractivity contribution in [3.05, 3.63) is 47.9 Å². The first-order valence-corrected chi connectivity index (χ1v) is 5.67. The zero-order chi connectivity index (χ0) is 13.8. The van der Waals surface area contributed by atoms with E-state index in [-0.39, 0.29) is 5.56 Å². The summed E-state index contributed by atoms with van der Waals surface area (Å²) >= 11 is 0. The van der Waals surface area contributed by atoms with Crippen molar-refractivity contribution in [3.8, 4) is 0 Å². The third-order valence-corrected chi connectivity index (χ3v) is 2.80. The van der Waals surface area contributed by atoms with E-state index in [1.54, 1.807) is 31.6 Å². The summed E-state index contributed by atoms with van der Waals surface area (Å²) in [5.41, 5.74) is 6.27. The number of hydrogen-bond donors (Lipinski definition) is 1. The Morgan fingerprint density at radius 3 is 2.79 bits per heavy atom. The molecule has 1 aromatic carbocycles. The average molecular weight is 261 g/mol. The summed E-state index contributed by atoms with van der Waals surface area (Å²) in [4.78, 5) is 7.82. The number of benzene rings is 1. The van der Waals surface area contributed by atoms with Crippen LogP contribution in [0.5, 0.6) is 0 Å². The first-order chi connectivity index (χ1) is 9.17. The van der Waals surface area contributed by atoms with Gasteiger partial charge in [0.15, 0.2) is 0 Å². The normalized spacial score (nSPS) is 12.7. The molecule has 98 valence electrons. The molecule has 0 bridgehead atoms. The molecule has 0 saturated heterocycles. The molecule has 0 aliphatic rings. The molecule has 0 radical (unpaired) electrons. The van der Waals surface area contributed by atoms with Crippen LogP contribution >= 0.6 is 0 Å². The number of fused-ring (bicyclic) bond motifs is 1. The zero-order valence-corrected chi connectivity index (χ0v) is 10.3. The summed E-state index contributed by atoms with van der Waals surface area (Å²) in [7, 11) is 1.56. The van der Waals surface area contributed by atoms with Crippen molar-refractivity contribution in [3.63, 3.8) is 0 Å². The Morgan fingerprint density at radius 1 is 1.37 bits per heavy atom. The molecule has 19 heavy (non-hydrogen) atoms. The van der Waals surface area contributed by atoms with Crippen LogP contribution in [-0.4, -0.2) is 18.2 Å². The number of nitrogens with zero attached hydrogens (tertiary/aromatic N) is 2. The molecule has 0 unspecified atom stereocenters. The maximum Gasteiger partial charge on any atom is 0.264 e. The third kappa shape index (κ3) is 2.59. The van der Waals surface area contributed by atoms with Crippen molar-refractivity contribution in [2.45, 2.75) is 6.43 Å². The summed E-state index contributed by atoms with van der Waals surface area (Å²) in [6, 6.07) is 4.82. The Morgan fingerprint density at radius 2 is 2.16 bits per heavy atom. The van der Waals surface area contributed by atoms with Gasteiger partial charge in [0.25, 0.3) is 6.43 Å². The van der Waals surface area contributed by atoms with Gasteiger partial charge in [-0.25, -0.2) is 8.78 Å². The van der Waals surface area contributed by atoms with Crippen LogP contribution in [0.2, 0.25) is 0 Å². The van der Waals surface area contributed by atoms with Crippen LogP contribution in [0.15, 0.2) is 41.8 Å². The number of halogens is 2. The lowest BCUT2D eigenvalue weighted by molar-refractivity contribution is 0.151. The lowest BCUT2D eigenvalue weighted by Crippen LogP contribution is -1.98. The van der Waals surface area contributed by atoms with Gasteiger partial charge >= 0.3 is 0 Å². The predicted molar refractivity (Wildman–Crippen MR) is 73.3 cm³/mol. The van der Waals surface area contributed by atoms with Crippen molar-refractivity contribution in [1.29, 1.82) is 0 Å². The van der Waals surface area contributed by atoms with Crippen molar-refractivity contribution < 1.29 is 8.78 Å². The van der Waals surface area contributed by atoms with Crippen LogP contribution in [0.25, 0.3) is 16.3 Å². The second-order valence-corrected chi connectivity index (χ2v) is 3.97. The molecule has 0 fully saturated rings. The molecule has 0 saturated carbocycles. The highest BCUT2D eigenvalue weighted by Crippen LogP contribution is 2.31. The maximum absolute atomic E-state index is 13.2. The minimum atomic E-state index is -2.58. The highest BCUT2D eigenvalue weighted by molar-refractivity contribution is 6.11. The summed E-state index contributed by atoms with van der Waals surface area (Å²) in [5.74, 6) is 0. The van der Waals surface area contributed by atoms with Gasteiger partial charge < -0.3 is 5.73 Å². The number of aliphatic imine (C=N–C) groups is 1. The number of pyridine rings is 1. The standard InChI is InChI=1S/C14H13F2N3/c1-18-7-11(6-17)12-5-10-8-19-3-2-9(10)4-13(12)14(15)16/h2-8,14H,17H2,1H3. The lowest BCUT2D eigenvalue weighted by atomic mass is 9.97. The molecule has 3 nitrogen and oxygen atoms in total. The monoisotopic (exact) mass is 261 g/mol. The minimum absolute atomic E-state index is 0.0599. The van der Waals surface area contributed by atoms with E-state index < -0.39 is 6.43 Å². The van der Waals surface area contributed by atoms with Gasteiger partial charge in [0.05, 0.1) is 0 Å². The van der Waals surface area contributed by atoms with Crippen molar-refractivity contribution in [1.82, 2.24) is 4.98 Å².